The Labute approximate surface area is 170 Å². The number of rotatable bonds is 6. The summed E-state index contributed by atoms with van der Waals surface area (Å²) < 4.78 is 44.9. The van der Waals surface area contributed by atoms with Crippen LogP contribution in [0, 0.1) is 0 Å². The van der Waals surface area contributed by atoms with Crippen molar-refractivity contribution >= 4 is 28.8 Å². The molecule has 1 heterocycles. The van der Waals surface area contributed by atoms with E-state index >= 15 is 0 Å². The molecule has 7 nitrogen and oxygen atoms in total. The molecule has 2 aromatic carbocycles. The lowest BCUT2D eigenvalue weighted by Crippen LogP contribution is -2.13. The fourth-order valence-electron chi connectivity index (χ4n) is 2.90. The number of nitrogens with one attached hydrogen (secondary N) is 1. The smallest absolute Gasteiger partial charge is 0.435 e. The minimum absolute atomic E-state index is 0.0464. The summed E-state index contributed by atoms with van der Waals surface area (Å²) in [4.78, 5) is 13.1. The van der Waals surface area contributed by atoms with Crippen LogP contribution in [0.2, 0.25) is 0 Å². The third-order valence-electron chi connectivity index (χ3n) is 4.48. The first-order chi connectivity index (χ1) is 14.1. The summed E-state index contributed by atoms with van der Waals surface area (Å²) in [5.41, 5.74) is 0.702. The first-order valence-electron chi connectivity index (χ1n) is 8.73. The lowest BCUT2D eigenvalue weighted by molar-refractivity contribution is -0.141. The minimum atomic E-state index is -4.52. The number of carboxylic acids is 1. The van der Waals surface area contributed by atoms with Crippen molar-refractivity contribution < 1.29 is 27.8 Å². The number of carboxylic acid groups (broad SMARTS) is 1. The number of aromatic nitrogens is 2. The topological polar surface area (TPSA) is 79.6 Å². The third kappa shape index (κ3) is 4.32. The third-order valence-corrected chi connectivity index (χ3v) is 4.48. The molecule has 0 unspecified atom stereocenters. The van der Waals surface area contributed by atoms with Gasteiger partial charge >= 0.3 is 12.1 Å². The number of halogens is 3. The van der Waals surface area contributed by atoms with Crippen LogP contribution in [0.4, 0.5) is 36.1 Å². The molecular formula is C20H19F3N4O3. The van der Waals surface area contributed by atoms with E-state index in [0.717, 1.165) is 10.7 Å². The van der Waals surface area contributed by atoms with E-state index in [4.69, 9.17) is 4.74 Å². The first kappa shape index (κ1) is 21.0. The van der Waals surface area contributed by atoms with Gasteiger partial charge in [-0.1, -0.05) is 0 Å². The number of aryl methyl sites for hydroxylation is 1. The molecule has 0 aliphatic rings. The number of nitrogens with zero attached hydrogens (tertiary/aromatic N) is 3. The highest BCUT2D eigenvalue weighted by atomic mass is 19.4. The Bertz CT molecular complexity index is 1060. The lowest BCUT2D eigenvalue weighted by atomic mass is 10.1. The number of benzene rings is 2. The molecule has 10 heteroatoms. The van der Waals surface area contributed by atoms with Crippen molar-refractivity contribution in [1.29, 1.82) is 0 Å². The van der Waals surface area contributed by atoms with Gasteiger partial charge in [0.1, 0.15) is 11.6 Å². The van der Waals surface area contributed by atoms with Gasteiger partial charge in [0, 0.05) is 31.5 Å². The highest BCUT2D eigenvalue weighted by molar-refractivity contribution is 5.95. The van der Waals surface area contributed by atoms with Gasteiger partial charge in [0.25, 0.3) is 0 Å². The Morgan fingerprint density at radius 3 is 2.37 bits per heavy atom. The van der Waals surface area contributed by atoms with Gasteiger partial charge in [-0.25, -0.2) is 4.79 Å². The van der Waals surface area contributed by atoms with E-state index in [2.05, 4.69) is 10.4 Å². The average molecular weight is 420 g/mol. The molecular weight excluding hydrogens is 401 g/mol. The standard InChI is InChI=1S/C20H19F3N4O3/c1-26(18-11-17(20(21,22)23)25-27(18)2)13-6-4-12(5-7-13)24-16-9-8-14(30-3)10-15(16)19(28)29/h4-11,24H,1-3H3,(H,28,29). The maximum Gasteiger partial charge on any atom is 0.435 e. The van der Waals surface area contributed by atoms with Crippen LogP contribution in [0.5, 0.6) is 5.75 Å². The fourth-order valence-corrected chi connectivity index (χ4v) is 2.90. The van der Waals surface area contributed by atoms with Crippen molar-refractivity contribution in [2.75, 3.05) is 24.4 Å². The van der Waals surface area contributed by atoms with Gasteiger partial charge in [0.15, 0.2) is 5.69 Å². The predicted molar refractivity (Wildman–Crippen MR) is 106 cm³/mol. The van der Waals surface area contributed by atoms with Crippen LogP contribution in [0.25, 0.3) is 0 Å². The van der Waals surface area contributed by atoms with Crippen LogP contribution in [-0.4, -0.2) is 35.0 Å². The number of anilines is 4. The maximum absolute atomic E-state index is 12.9. The molecule has 30 heavy (non-hydrogen) atoms. The molecule has 2 N–H and O–H groups in total. The van der Waals surface area contributed by atoms with E-state index in [-0.39, 0.29) is 11.4 Å². The summed E-state index contributed by atoms with van der Waals surface area (Å²) in [5.74, 6) is -0.417. The zero-order valence-electron chi connectivity index (χ0n) is 16.4. The molecule has 0 aliphatic heterocycles. The van der Waals surface area contributed by atoms with Crippen LogP contribution in [-0.2, 0) is 13.2 Å². The Morgan fingerprint density at radius 1 is 1.17 bits per heavy atom. The van der Waals surface area contributed by atoms with Gasteiger partial charge in [0.2, 0.25) is 0 Å². The quantitative estimate of drug-likeness (QED) is 0.604. The summed E-state index contributed by atoms with van der Waals surface area (Å²) >= 11 is 0. The molecule has 3 aromatic rings. The molecule has 0 amide bonds. The van der Waals surface area contributed by atoms with Gasteiger partial charge in [-0.05, 0) is 42.5 Å². The van der Waals surface area contributed by atoms with Crippen molar-refractivity contribution in [3.8, 4) is 5.75 Å². The number of aromatic carboxylic acids is 1. The van der Waals surface area contributed by atoms with E-state index in [9.17, 15) is 23.1 Å². The normalized spacial score (nSPS) is 11.3. The SMILES string of the molecule is COc1ccc(Nc2ccc(N(C)c3cc(C(F)(F)F)nn3C)cc2)c(C(=O)O)c1. The van der Waals surface area contributed by atoms with E-state index in [1.807, 2.05) is 0 Å². The Morgan fingerprint density at radius 2 is 1.83 bits per heavy atom. The number of alkyl halides is 3. The molecule has 158 valence electrons. The maximum atomic E-state index is 12.9. The Kier molecular flexibility index (Phi) is 5.59. The lowest BCUT2D eigenvalue weighted by Gasteiger charge is -2.19. The average Bonchev–Trinajstić information content (AvgIpc) is 3.10. The van der Waals surface area contributed by atoms with Gasteiger partial charge in [-0.2, -0.15) is 18.3 Å². The van der Waals surface area contributed by atoms with Crippen molar-refractivity contribution in [2.45, 2.75) is 6.18 Å². The fraction of sp³-hybridized carbons (Fsp3) is 0.200. The van der Waals surface area contributed by atoms with E-state index in [0.29, 0.717) is 22.8 Å². The van der Waals surface area contributed by atoms with Crippen LogP contribution in [0.3, 0.4) is 0 Å². The monoisotopic (exact) mass is 420 g/mol. The second kappa shape index (κ2) is 7.97. The Hall–Kier alpha value is -3.69. The van der Waals surface area contributed by atoms with Crippen LogP contribution >= 0.6 is 0 Å². The second-order valence-electron chi connectivity index (χ2n) is 6.46. The minimum Gasteiger partial charge on any atom is -0.497 e. The molecule has 0 aliphatic carbocycles. The van der Waals surface area contributed by atoms with Crippen LogP contribution in [0.15, 0.2) is 48.5 Å². The van der Waals surface area contributed by atoms with Crippen LogP contribution < -0.4 is 15.0 Å². The highest BCUT2D eigenvalue weighted by Gasteiger charge is 2.35. The van der Waals surface area contributed by atoms with Crippen molar-refractivity contribution in [3.05, 3.63) is 59.8 Å². The summed E-state index contributed by atoms with van der Waals surface area (Å²) in [5, 5.41) is 15.9. The Balaban J connectivity index is 1.82. The number of methoxy groups -OCH3 is 1. The number of hydrogen-bond donors (Lipinski definition) is 2. The van der Waals surface area contributed by atoms with Crippen molar-refractivity contribution in [1.82, 2.24) is 9.78 Å². The second-order valence-corrected chi connectivity index (χ2v) is 6.46. The molecule has 0 bridgehead atoms. The molecule has 0 saturated carbocycles. The highest BCUT2D eigenvalue weighted by Crippen LogP contribution is 2.33. The number of carbonyl (C=O) groups is 1. The molecule has 0 atom stereocenters. The van der Waals surface area contributed by atoms with Gasteiger partial charge < -0.3 is 20.1 Å². The van der Waals surface area contributed by atoms with E-state index in [1.165, 1.54) is 20.2 Å². The molecule has 0 saturated heterocycles. The molecule has 0 radical (unpaired) electrons. The van der Waals surface area contributed by atoms with Crippen molar-refractivity contribution in [2.24, 2.45) is 7.05 Å². The van der Waals surface area contributed by atoms with Gasteiger partial charge in [-0.15, -0.1) is 0 Å². The molecule has 0 spiro atoms. The number of hydrogen-bond acceptors (Lipinski definition) is 5. The van der Waals surface area contributed by atoms with Crippen LogP contribution in [0.1, 0.15) is 16.1 Å². The van der Waals surface area contributed by atoms with E-state index in [1.54, 1.807) is 48.3 Å². The zero-order chi connectivity index (χ0) is 22.1. The summed E-state index contributed by atoms with van der Waals surface area (Å²) in [6.45, 7) is 0. The van der Waals surface area contributed by atoms with E-state index < -0.39 is 17.8 Å². The summed E-state index contributed by atoms with van der Waals surface area (Å²) in [6, 6.07) is 12.4. The van der Waals surface area contributed by atoms with Gasteiger partial charge in [0.05, 0.1) is 18.4 Å². The molecule has 0 fully saturated rings. The zero-order valence-corrected chi connectivity index (χ0v) is 16.4. The first-order valence-corrected chi connectivity index (χ1v) is 8.73. The molecule has 1 aromatic heterocycles. The number of ether oxygens (including phenoxy) is 1. The summed E-state index contributed by atoms with van der Waals surface area (Å²) in [7, 11) is 4.52. The predicted octanol–water partition coefficient (Wildman–Crippen LogP) is 4.66. The summed E-state index contributed by atoms with van der Waals surface area (Å²) in [6.07, 6.45) is -4.52. The molecule has 3 rings (SSSR count). The largest absolute Gasteiger partial charge is 0.497 e. The van der Waals surface area contributed by atoms with Gasteiger partial charge in [-0.3, -0.25) is 4.68 Å². The van der Waals surface area contributed by atoms with Crippen molar-refractivity contribution in [3.63, 3.8) is 0 Å².